The van der Waals surface area contributed by atoms with E-state index in [0.717, 1.165) is 16.5 Å². The first-order chi connectivity index (χ1) is 20.4. The van der Waals surface area contributed by atoms with Crippen molar-refractivity contribution in [2.24, 2.45) is 0 Å². The third-order valence-corrected chi connectivity index (χ3v) is 6.24. The molecule has 2 amide bonds. The minimum absolute atomic E-state index is 0.0113. The van der Waals surface area contributed by atoms with Crippen molar-refractivity contribution in [1.82, 2.24) is 10.3 Å². The van der Waals surface area contributed by atoms with Crippen LogP contribution in [-0.2, 0) is 4.79 Å². The Morgan fingerprint density at radius 3 is 2.31 bits per heavy atom. The summed E-state index contributed by atoms with van der Waals surface area (Å²) >= 11 is 0. The van der Waals surface area contributed by atoms with Gasteiger partial charge in [-0.15, -0.1) is 0 Å². The lowest BCUT2D eigenvalue weighted by Crippen LogP contribution is -2.26. The topological polar surface area (TPSA) is 136 Å². The lowest BCUT2D eigenvalue weighted by molar-refractivity contribution is -0.116. The van der Waals surface area contributed by atoms with E-state index in [4.69, 9.17) is 19.3 Å². The molecule has 0 saturated carbocycles. The number of Topliss-reactive ketones (excluding diaryl/α,β-unsaturated/α-hetero) is 1. The van der Waals surface area contributed by atoms with Gasteiger partial charge in [-0.3, -0.25) is 9.59 Å². The highest BCUT2D eigenvalue weighted by molar-refractivity contribution is 6.02. The smallest absolute Gasteiger partial charge is 0.404 e. The van der Waals surface area contributed by atoms with E-state index in [1.807, 2.05) is 50.2 Å². The Morgan fingerprint density at radius 2 is 1.57 bits per heavy atom. The number of carbonyl (C=O) groups is 3. The molecule has 0 radical (unpaired) electrons. The number of aromatic nitrogens is 1. The molecule has 0 aliphatic carbocycles. The van der Waals surface area contributed by atoms with Gasteiger partial charge in [0.15, 0.2) is 17.3 Å². The van der Waals surface area contributed by atoms with E-state index in [1.165, 1.54) is 0 Å². The number of rotatable bonds is 14. The van der Waals surface area contributed by atoms with E-state index in [1.54, 1.807) is 36.4 Å². The number of nitrogens with one attached hydrogen (secondary N) is 2. The summed E-state index contributed by atoms with van der Waals surface area (Å²) in [4.78, 5) is 40.9. The van der Waals surface area contributed by atoms with Crippen LogP contribution in [-0.4, -0.2) is 54.2 Å². The van der Waals surface area contributed by atoms with Crippen molar-refractivity contribution < 1.29 is 33.7 Å². The number of amides is 2. The number of fused-ring (bicyclic) bond motifs is 1. The predicted octanol–water partition coefficient (Wildman–Crippen LogP) is 5.95. The summed E-state index contributed by atoms with van der Waals surface area (Å²) in [5.74, 6) is 1.54. The maximum Gasteiger partial charge on any atom is 0.404 e. The highest BCUT2D eigenvalue weighted by Gasteiger charge is 2.15. The monoisotopic (exact) mass is 571 g/mol. The van der Waals surface area contributed by atoms with Gasteiger partial charge >= 0.3 is 6.09 Å². The van der Waals surface area contributed by atoms with Gasteiger partial charge in [0.2, 0.25) is 5.91 Å². The fourth-order valence-electron chi connectivity index (χ4n) is 4.34. The van der Waals surface area contributed by atoms with Crippen LogP contribution in [0.25, 0.3) is 22.0 Å². The van der Waals surface area contributed by atoms with Crippen molar-refractivity contribution in [1.29, 1.82) is 0 Å². The first kappa shape index (κ1) is 29.9. The number of ether oxygens (including phenoxy) is 3. The molecule has 0 bridgehead atoms. The van der Waals surface area contributed by atoms with E-state index >= 15 is 0 Å². The van der Waals surface area contributed by atoms with E-state index < -0.39 is 6.09 Å². The van der Waals surface area contributed by atoms with Gasteiger partial charge in [0.25, 0.3) is 0 Å². The summed E-state index contributed by atoms with van der Waals surface area (Å²) in [6, 6.07) is 21.8. The van der Waals surface area contributed by atoms with Gasteiger partial charge in [-0.05, 0) is 67.4 Å². The third kappa shape index (κ3) is 7.97. The van der Waals surface area contributed by atoms with E-state index in [0.29, 0.717) is 47.4 Å². The number of hydrogen-bond acceptors (Lipinski definition) is 7. The van der Waals surface area contributed by atoms with Gasteiger partial charge in [0.05, 0.1) is 25.3 Å². The average molecular weight is 572 g/mol. The maximum atomic E-state index is 12.8. The number of carboxylic acid groups (broad SMARTS) is 1. The molecule has 4 aromatic rings. The first-order valence-electron chi connectivity index (χ1n) is 13.7. The van der Waals surface area contributed by atoms with Crippen LogP contribution >= 0.6 is 0 Å². The molecule has 0 fully saturated rings. The zero-order valence-corrected chi connectivity index (χ0v) is 23.5. The van der Waals surface area contributed by atoms with Crippen LogP contribution in [0.2, 0.25) is 0 Å². The summed E-state index contributed by atoms with van der Waals surface area (Å²) in [5, 5.41) is 14.7. The summed E-state index contributed by atoms with van der Waals surface area (Å²) in [7, 11) is 0. The van der Waals surface area contributed by atoms with Crippen molar-refractivity contribution in [2.45, 2.75) is 26.7 Å². The SMILES string of the molecule is CCOc1ccc(C(=O)CCC(=O)Nc2cc(-c3ccc(OCCNC(=O)O)cc3)c3ccccc3n2)cc1OCC. The van der Waals surface area contributed by atoms with Crippen LogP contribution < -0.4 is 24.8 Å². The molecule has 4 rings (SSSR count). The number of nitrogens with zero attached hydrogens (tertiary/aromatic N) is 1. The zero-order chi connectivity index (χ0) is 29.9. The molecule has 0 aliphatic rings. The van der Waals surface area contributed by atoms with Crippen LogP contribution in [0.5, 0.6) is 17.2 Å². The third-order valence-electron chi connectivity index (χ3n) is 6.24. The standard InChI is InChI=1S/C32H33N3O7/c1-3-40-28-15-11-22(19-29(28)41-4-2)27(36)14-16-31(37)35-30-20-25(24-7-5-6-8-26(24)34-30)21-9-12-23(13-10-21)42-18-17-33-32(38)39/h5-13,15,19-20,33H,3-4,14,16-18H2,1-2H3,(H,38,39)(H,34,35,37). The minimum Gasteiger partial charge on any atom is -0.492 e. The molecular weight excluding hydrogens is 538 g/mol. The van der Waals surface area contributed by atoms with E-state index in [2.05, 4.69) is 15.6 Å². The van der Waals surface area contributed by atoms with Crippen molar-refractivity contribution >= 4 is 34.5 Å². The molecule has 218 valence electrons. The summed E-state index contributed by atoms with van der Waals surface area (Å²) in [6.07, 6.45) is -1.09. The first-order valence-corrected chi connectivity index (χ1v) is 13.7. The van der Waals surface area contributed by atoms with Crippen LogP contribution in [0.4, 0.5) is 10.6 Å². The summed E-state index contributed by atoms with van der Waals surface area (Å²) in [6.45, 7) is 5.02. The van der Waals surface area contributed by atoms with Gasteiger partial charge in [0.1, 0.15) is 18.2 Å². The molecule has 10 heteroatoms. The van der Waals surface area contributed by atoms with Crippen LogP contribution in [0, 0.1) is 0 Å². The number of ketones is 1. The number of benzene rings is 3. The molecule has 10 nitrogen and oxygen atoms in total. The zero-order valence-electron chi connectivity index (χ0n) is 23.5. The molecule has 42 heavy (non-hydrogen) atoms. The Balaban J connectivity index is 1.44. The highest BCUT2D eigenvalue weighted by atomic mass is 16.5. The van der Waals surface area contributed by atoms with Crippen LogP contribution in [0.3, 0.4) is 0 Å². The fourth-order valence-corrected chi connectivity index (χ4v) is 4.34. The second kappa shape index (κ2) is 14.5. The molecule has 1 heterocycles. The van der Waals surface area contributed by atoms with Crippen molar-refractivity contribution in [3.63, 3.8) is 0 Å². The molecule has 0 atom stereocenters. The number of anilines is 1. The van der Waals surface area contributed by atoms with E-state index in [-0.39, 0.29) is 37.7 Å². The maximum absolute atomic E-state index is 12.8. The quantitative estimate of drug-likeness (QED) is 0.125. The van der Waals surface area contributed by atoms with Crippen molar-refractivity contribution in [2.75, 3.05) is 31.7 Å². The molecular formula is C32H33N3O7. The number of hydrogen-bond donors (Lipinski definition) is 3. The summed E-state index contributed by atoms with van der Waals surface area (Å²) < 4.78 is 16.8. The largest absolute Gasteiger partial charge is 0.492 e. The Labute approximate surface area is 243 Å². The lowest BCUT2D eigenvalue weighted by Gasteiger charge is -2.13. The Morgan fingerprint density at radius 1 is 0.833 bits per heavy atom. The molecule has 3 N–H and O–H groups in total. The molecule has 3 aromatic carbocycles. The molecule has 0 aliphatic heterocycles. The molecule has 0 saturated heterocycles. The van der Waals surface area contributed by atoms with E-state index in [9.17, 15) is 14.4 Å². The molecule has 0 spiro atoms. The normalized spacial score (nSPS) is 10.6. The highest BCUT2D eigenvalue weighted by Crippen LogP contribution is 2.32. The number of pyridine rings is 1. The average Bonchev–Trinajstić information content (AvgIpc) is 2.99. The minimum atomic E-state index is -1.10. The Kier molecular flexibility index (Phi) is 10.3. The van der Waals surface area contributed by atoms with Crippen LogP contribution in [0.15, 0.2) is 72.8 Å². The van der Waals surface area contributed by atoms with Crippen molar-refractivity contribution in [3.05, 3.63) is 78.4 Å². The second-order valence-electron chi connectivity index (χ2n) is 9.18. The number of carbonyl (C=O) groups excluding carboxylic acids is 2. The summed E-state index contributed by atoms with van der Waals surface area (Å²) in [5.41, 5.74) is 2.91. The fraction of sp³-hybridized carbons (Fsp3) is 0.250. The van der Waals surface area contributed by atoms with Gasteiger partial charge in [-0.2, -0.15) is 0 Å². The molecule has 1 aromatic heterocycles. The van der Waals surface area contributed by atoms with Gasteiger partial charge in [-0.1, -0.05) is 30.3 Å². The van der Waals surface area contributed by atoms with Gasteiger partial charge < -0.3 is 30.0 Å². The Bertz CT molecular complexity index is 1550. The Hall–Kier alpha value is -5.12. The predicted molar refractivity (Wildman–Crippen MR) is 160 cm³/mol. The van der Waals surface area contributed by atoms with Gasteiger partial charge in [-0.25, -0.2) is 9.78 Å². The lowest BCUT2D eigenvalue weighted by atomic mass is 10.0. The second-order valence-corrected chi connectivity index (χ2v) is 9.18. The van der Waals surface area contributed by atoms with Crippen molar-refractivity contribution in [3.8, 4) is 28.4 Å². The molecule has 0 unspecified atom stereocenters. The number of para-hydroxylation sites is 1. The van der Waals surface area contributed by atoms with Gasteiger partial charge in [0, 0.05) is 23.8 Å². The van der Waals surface area contributed by atoms with Crippen LogP contribution in [0.1, 0.15) is 37.0 Å².